The Morgan fingerprint density at radius 2 is 2.15 bits per heavy atom. The zero-order valence-electron chi connectivity index (χ0n) is 7.07. The van der Waals surface area contributed by atoms with Crippen molar-refractivity contribution in [2.75, 3.05) is 0 Å². The Kier molecular flexibility index (Phi) is 1.59. The van der Waals surface area contributed by atoms with Crippen molar-refractivity contribution < 1.29 is 9.52 Å². The molecular formula is C10H8O3. The van der Waals surface area contributed by atoms with Crippen LogP contribution >= 0.6 is 0 Å². The van der Waals surface area contributed by atoms with Gasteiger partial charge < -0.3 is 9.52 Å². The summed E-state index contributed by atoms with van der Waals surface area (Å²) in [6.45, 7) is 1.70. The van der Waals surface area contributed by atoms with Gasteiger partial charge in [0.2, 0.25) is 0 Å². The number of phenolic OH excluding ortho intramolecular Hbond substituents is 1. The van der Waals surface area contributed by atoms with Crippen molar-refractivity contribution in [3.63, 3.8) is 0 Å². The molecule has 0 unspecified atom stereocenters. The van der Waals surface area contributed by atoms with Gasteiger partial charge in [0.25, 0.3) is 0 Å². The van der Waals surface area contributed by atoms with Gasteiger partial charge in [-0.1, -0.05) is 6.07 Å². The molecule has 1 N–H and O–H groups in total. The van der Waals surface area contributed by atoms with Crippen LogP contribution in [0.2, 0.25) is 0 Å². The number of phenols is 1. The molecule has 3 nitrogen and oxygen atoms in total. The van der Waals surface area contributed by atoms with Crippen LogP contribution in [0, 0.1) is 6.92 Å². The fourth-order valence-electron chi connectivity index (χ4n) is 1.31. The van der Waals surface area contributed by atoms with E-state index < -0.39 is 0 Å². The van der Waals surface area contributed by atoms with E-state index in [1.807, 2.05) is 0 Å². The van der Waals surface area contributed by atoms with Crippen molar-refractivity contribution in [1.82, 2.24) is 0 Å². The van der Waals surface area contributed by atoms with Gasteiger partial charge in [-0.05, 0) is 19.1 Å². The van der Waals surface area contributed by atoms with Gasteiger partial charge in [0, 0.05) is 6.07 Å². The van der Waals surface area contributed by atoms with Gasteiger partial charge in [-0.3, -0.25) is 4.79 Å². The number of rotatable bonds is 0. The molecule has 1 heterocycles. The zero-order valence-corrected chi connectivity index (χ0v) is 7.07. The topological polar surface area (TPSA) is 50.4 Å². The van der Waals surface area contributed by atoms with E-state index in [1.165, 1.54) is 12.1 Å². The third-order valence-corrected chi connectivity index (χ3v) is 1.86. The molecule has 0 aliphatic heterocycles. The molecule has 2 rings (SSSR count). The van der Waals surface area contributed by atoms with E-state index in [4.69, 9.17) is 4.42 Å². The number of aromatic hydroxyl groups is 1. The quantitative estimate of drug-likeness (QED) is 0.665. The molecule has 13 heavy (non-hydrogen) atoms. The average Bonchev–Trinajstić information content (AvgIpc) is 2.02. The molecule has 1 aromatic carbocycles. The van der Waals surface area contributed by atoms with Crippen molar-refractivity contribution >= 4 is 11.0 Å². The summed E-state index contributed by atoms with van der Waals surface area (Å²) in [5, 5.41) is 9.63. The summed E-state index contributed by atoms with van der Waals surface area (Å²) >= 11 is 0. The average molecular weight is 176 g/mol. The maximum atomic E-state index is 11.4. The van der Waals surface area contributed by atoms with Crippen LogP contribution < -0.4 is 5.43 Å². The van der Waals surface area contributed by atoms with E-state index in [1.54, 1.807) is 19.1 Å². The molecule has 0 bridgehead atoms. The van der Waals surface area contributed by atoms with Crippen LogP contribution in [0.4, 0.5) is 0 Å². The second kappa shape index (κ2) is 2.62. The number of benzene rings is 1. The molecule has 66 valence electrons. The molecule has 0 saturated carbocycles. The third kappa shape index (κ3) is 1.18. The highest BCUT2D eigenvalue weighted by molar-refractivity contribution is 5.82. The van der Waals surface area contributed by atoms with Gasteiger partial charge in [-0.25, -0.2) is 0 Å². The minimum atomic E-state index is -0.211. The van der Waals surface area contributed by atoms with Crippen molar-refractivity contribution in [1.29, 1.82) is 0 Å². The number of fused-ring (bicyclic) bond motifs is 1. The molecule has 1 aromatic heterocycles. The lowest BCUT2D eigenvalue weighted by Crippen LogP contribution is -2.00. The molecule has 0 amide bonds. The second-order valence-corrected chi connectivity index (χ2v) is 2.87. The molecule has 0 aliphatic carbocycles. The minimum Gasteiger partial charge on any atom is -0.507 e. The summed E-state index contributed by atoms with van der Waals surface area (Å²) in [5.41, 5.74) is 0.210. The first-order chi connectivity index (χ1) is 6.18. The SMILES string of the molecule is Cc1cc(=O)c2c(O)cccc2o1. The highest BCUT2D eigenvalue weighted by Gasteiger charge is 2.05. The smallest absolute Gasteiger partial charge is 0.196 e. The van der Waals surface area contributed by atoms with E-state index in [2.05, 4.69) is 0 Å². The summed E-state index contributed by atoms with van der Waals surface area (Å²) < 4.78 is 5.26. The first-order valence-electron chi connectivity index (χ1n) is 3.91. The standard InChI is InChI=1S/C10H8O3/c1-6-5-8(12)10-7(11)3-2-4-9(10)13-6/h2-5,11H,1H3. The Morgan fingerprint density at radius 3 is 2.92 bits per heavy atom. The molecule has 3 heteroatoms. The van der Waals surface area contributed by atoms with Gasteiger partial charge in [0.05, 0.1) is 0 Å². The Balaban J connectivity index is 3.03. The predicted octanol–water partition coefficient (Wildman–Crippen LogP) is 1.81. The minimum absolute atomic E-state index is 0.0359. The Hall–Kier alpha value is -1.77. The lowest BCUT2D eigenvalue weighted by molar-refractivity contribution is 0.478. The molecule has 0 aliphatic rings. The summed E-state index contributed by atoms with van der Waals surface area (Å²) in [6, 6.07) is 6.13. The van der Waals surface area contributed by atoms with Crippen molar-refractivity contribution in [3.05, 3.63) is 40.2 Å². The van der Waals surface area contributed by atoms with E-state index >= 15 is 0 Å². The first-order valence-corrected chi connectivity index (χ1v) is 3.91. The van der Waals surface area contributed by atoms with E-state index in [9.17, 15) is 9.90 Å². The molecular weight excluding hydrogens is 168 g/mol. The van der Waals surface area contributed by atoms with Crippen molar-refractivity contribution in [2.45, 2.75) is 6.92 Å². The molecule has 0 atom stereocenters. The van der Waals surface area contributed by atoms with E-state index in [-0.39, 0.29) is 16.6 Å². The van der Waals surface area contributed by atoms with Gasteiger partial charge in [0.1, 0.15) is 22.5 Å². The summed E-state index contributed by atoms with van der Waals surface area (Å²) in [7, 11) is 0. The number of hydrogen-bond acceptors (Lipinski definition) is 3. The lowest BCUT2D eigenvalue weighted by Gasteiger charge is -1.99. The van der Waals surface area contributed by atoms with Crippen LogP contribution in [0.3, 0.4) is 0 Å². The van der Waals surface area contributed by atoms with Crippen LogP contribution in [0.1, 0.15) is 5.76 Å². The van der Waals surface area contributed by atoms with Crippen LogP contribution in [0.5, 0.6) is 5.75 Å². The summed E-state index contributed by atoms with van der Waals surface area (Å²) in [4.78, 5) is 11.4. The van der Waals surface area contributed by atoms with Gasteiger partial charge in [0.15, 0.2) is 5.43 Å². The fourth-order valence-corrected chi connectivity index (χ4v) is 1.31. The number of hydrogen-bond donors (Lipinski definition) is 1. The van der Waals surface area contributed by atoms with E-state index in [0.29, 0.717) is 11.3 Å². The molecule has 2 aromatic rings. The van der Waals surface area contributed by atoms with Crippen LogP contribution in [0.15, 0.2) is 33.5 Å². The van der Waals surface area contributed by atoms with Crippen LogP contribution in [-0.4, -0.2) is 5.11 Å². The van der Waals surface area contributed by atoms with Crippen LogP contribution in [-0.2, 0) is 0 Å². The molecule has 0 radical (unpaired) electrons. The van der Waals surface area contributed by atoms with Gasteiger partial charge >= 0.3 is 0 Å². The highest BCUT2D eigenvalue weighted by atomic mass is 16.3. The zero-order chi connectivity index (χ0) is 9.42. The van der Waals surface area contributed by atoms with Crippen molar-refractivity contribution in [3.8, 4) is 5.75 Å². The summed E-state index contributed by atoms with van der Waals surface area (Å²) in [6.07, 6.45) is 0. The third-order valence-electron chi connectivity index (χ3n) is 1.86. The van der Waals surface area contributed by atoms with Crippen LogP contribution in [0.25, 0.3) is 11.0 Å². The maximum absolute atomic E-state index is 11.4. The predicted molar refractivity (Wildman–Crippen MR) is 48.9 cm³/mol. The van der Waals surface area contributed by atoms with Crippen molar-refractivity contribution in [2.24, 2.45) is 0 Å². The molecule has 0 fully saturated rings. The Labute approximate surface area is 74.2 Å². The molecule has 0 spiro atoms. The van der Waals surface area contributed by atoms with Gasteiger partial charge in [-0.15, -0.1) is 0 Å². The molecule has 0 saturated heterocycles. The maximum Gasteiger partial charge on any atom is 0.196 e. The Bertz CT molecular complexity index is 511. The monoisotopic (exact) mass is 176 g/mol. The highest BCUT2D eigenvalue weighted by Crippen LogP contribution is 2.20. The Morgan fingerprint density at radius 1 is 1.38 bits per heavy atom. The fraction of sp³-hybridized carbons (Fsp3) is 0.100. The normalized spacial score (nSPS) is 10.5. The second-order valence-electron chi connectivity index (χ2n) is 2.87. The van der Waals surface area contributed by atoms with Gasteiger partial charge in [-0.2, -0.15) is 0 Å². The summed E-state index contributed by atoms with van der Waals surface area (Å²) in [5.74, 6) is 0.509. The largest absolute Gasteiger partial charge is 0.507 e. The van der Waals surface area contributed by atoms with E-state index in [0.717, 1.165) is 0 Å². The first kappa shape index (κ1) is 7.86. The lowest BCUT2D eigenvalue weighted by atomic mass is 10.2. The number of aryl methyl sites for hydroxylation is 1.